The Morgan fingerprint density at radius 1 is 1.27 bits per heavy atom. The minimum Gasteiger partial charge on any atom is -0.475 e. The van der Waals surface area contributed by atoms with Gasteiger partial charge >= 0.3 is 12.1 Å². The van der Waals surface area contributed by atoms with E-state index in [1.165, 1.54) is 23.5 Å². The van der Waals surface area contributed by atoms with E-state index >= 15 is 0 Å². The molecule has 1 aromatic carbocycles. The summed E-state index contributed by atoms with van der Waals surface area (Å²) >= 11 is 1.50. The number of alkyl halides is 3. The predicted molar refractivity (Wildman–Crippen MR) is 86.2 cm³/mol. The molecule has 26 heavy (non-hydrogen) atoms. The lowest BCUT2D eigenvalue weighted by molar-refractivity contribution is -0.192. The summed E-state index contributed by atoms with van der Waals surface area (Å²) in [6.07, 6.45) is -1.57. The minimum atomic E-state index is -5.08. The fraction of sp³-hybridized carbons (Fsp3) is 0.133. The van der Waals surface area contributed by atoms with Gasteiger partial charge in [-0.2, -0.15) is 18.3 Å². The fourth-order valence-corrected chi connectivity index (χ4v) is 2.37. The number of aliphatic carboxylic acids is 1. The van der Waals surface area contributed by atoms with Gasteiger partial charge in [-0.15, -0.1) is 11.3 Å². The van der Waals surface area contributed by atoms with E-state index in [4.69, 9.17) is 15.6 Å². The number of halogens is 4. The Balaban J connectivity index is 0.000000298. The lowest BCUT2D eigenvalue weighted by Gasteiger charge is -2.02. The van der Waals surface area contributed by atoms with E-state index in [1.807, 2.05) is 17.6 Å². The summed E-state index contributed by atoms with van der Waals surface area (Å²) in [5.41, 5.74) is 9.66. The highest BCUT2D eigenvalue weighted by atomic mass is 32.1. The summed E-state index contributed by atoms with van der Waals surface area (Å²) in [7, 11) is 0. The number of nitrogens with two attached hydrogens (primary N) is 1. The van der Waals surface area contributed by atoms with Crippen molar-refractivity contribution < 1.29 is 27.5 Å². The molecule has 6 nitrogen and oxygen atoms in total. The van der Waals surface area contributed by atoms with E-state index < -0.39 is 12.1 Å². The standard InChI is InChI=1S/C13H11FN4S.C2HF3O2/c14-12-2-9(4-15)1-10(3-12)11-5-17-18(6-11)13-7-19-8-16-13;3-2(4,5)1(6)7/h1-3,5-8H,4,15H2;(H,6,7). The van der Waals surface area contributed by atoms with Gasteiger partial charge in [0.1, 0.15) is 5.82 Å². The number of thiazole rings is 1. The number of hydrogen-bond donors (Lipinski definition) is 2. The van der Waals surface area contributed by atoms with Crippen molar-refractivity contribution in [2.24, 2.45) is 5.73 Å². The summed E-state index contributed by atoms with van der Waals surface area (Å²) in [5.74, 6) is -2.29. The van der Waals surface area contributed by atoms with Gasteiger partial charge in [-0.1, -0.05) is 0 Å². The number of carboxylic acid groups (broad SMARTS) is 1. The maximum Gasteiger partial charge on any atom is 0.490 e. The number of hydrogen-bond acceptors (Lipinski definition) is 5. The highest BCUT2D eigenvalue weighted by Gasteiger charge is 2.38. The van der Waals surface area contributed by atoms with Gasteiger partial charge in [0, 0.05) is 23.7 Å². The van der Waals surface area contributed by atoms with Gasteiger partial charge in [-0.3, -0.25) is 0 Å². The third-order valence-corrected chi connectivity index (χ3v) is 3.58. The molecule has 3 aromatic rings. The number of carboxylic acids is 1. The van der Waals surface area contributed by atoms with Crippen LogP contribution in [0.5, 0.6) is 0 Å². The molecule has 0 atom stereocenters. The van der Waals surface area contributed by atoms with Crippen LogP contribution in [0.1, 0.15) is 5.56 Å². The van der Waals surface area contributed by atoms with Gasteiger partial charge in [0.15, 0.2) is 5.82 Å². The normalized spacial score (nSPS) is 11.0. The average Bonchev–Trinajstić information content (AvgIpc) is 3.25. The van der Waals surface area contributed by atoms with Gasteiger partial charge in [-0.25, -0.2) is 18.9 Å². The smallest absolute Gasteiger partial charge is 0.475 e. The molecule has 0 saturated carbocycles. The molecule has 0 aliphatic carbocycles. The molecule has 3 rings (SSSR count). The van der Waals surface area contributed by atoms with Crippen molar-refractivity contribution in [3.05, 3.63) is 52.9 Å². The first-order valence-electron chi connectivity index (χ1n) is 6.94. The molecule has 138 valence electrons. The number of nitrogens with zero attached hydrogens (tertiary/aromatic N) is 3. The van der Waals surface area contributed by atoms with Gasteiger partial charge in [0.2, 0.25) is 0 Å². The first-order chi connectivity index (χ1) is 12.2. The Morgan fingerprint density at radius 2 is 1.96 bits per heavy atom. The van der Waals surface area contributed by atoms with Gasteiger partial charge < -0.3 is 10.8 Å². The van der Waals surface area contributed by atoms with Crippen LogP contribution in [-0.2, 0) is 11.3 Å². The largest absolute Gasteiger partial charge is 0.490 e. The van der Waals surface area contributed by atoms with E-state index in [-0.39, 0.29) is 5.82 Å². The third kappa shape index (κ3) is 5.10. The van der Waals surface area contributed by atoms with Crippen molar-refractivity contribution in [2.45, 2.75) is 12.7 Å². The first-order valence-corrected chi connectivity index (χ1v) is 7.88. The van der Waals surface area contributed by atoms with Crippen LogP contribution in [0.4, 0.5) is 17.6 Å². The fourth-order valence-electron chi connectivity index (χ4n) is 1.85. The van der Waals surface area contributed by atoms with E-state index in [9.17, 15) is 17.6 Å². The van der Waals surface area contributed by atoms with E-state index in [0.717, 1.165) is 22.5 Å². The Labute approximate surface area is 148 Å². The van der Waals surface area contributed by atoms with Crippen LogP contribution in [0, 0.1) is 5.82 Å². The molecule has 11 heteroatoms. The van der Waals surface area contributed by atoms with Crippen molar-refractivity contribution in [3.63, 3.8) is 0 Å². The summed E-state index contributed by atoms with van der Waals surface area (Å²) in [6, 6.07) is 4.78. The second-order valence-corrected chi connectivity index (χ2v) is 5.59. The molecule has 0 bridgehead atoms. The monoisotopic (exact) mass is 388 g/mol. The average molecular weight is 388 g/mol. The van der Waals surface area contributed by atoms with Crippen LogP contribution in [0.15, 0.2) is 41.5 Å². The van der Waals surface area contributed by atoms with Crippen LogP contribution in [0.3, 0.4) is 0 Å². The second kappa shape index (κ2) is 8.06. The molecule has 2 heterocycles. The van der Waals surface area contributed by atoms with Crippen LogP contribution >= 0.6 is 11.3 Å². The highest BCUT2D eigenvalue weighted by Crippen LogP contribution is 2.22. The number of aromatic nitrogens is 3. The summed E-state index contributed by atoms with van der Waals surface area (Å²) in [4.78, 5) is 13.1. The zero-order valence-corrected chi connectivity index (χ0v) is 13.8. The molecule has 0 fully saturated rings. The van der Waals surface area contributed by atoms with E-state index in [1.54, 1.807) is 16.4 Å². The molecule has 0 radical (unpaired) electrons. The maximum atomic E-state index is 13.5. The lowest BCUT2D eigenvalue weighted by Crippen LogP contribution is -2.21. The first kappa shape index (κ1) is 19.5. The van der Waals surface area contributed by atoms with Crippen molar-refractivity contribution in [1.29, 1.82) is 0 Å². The van der Waals surface area contributed by atoms with Crippen LogP contribution < -0.4 is 5.73 Å². The number of carbonyl (C=O) groups is 1. The van der Waals surface area contributed by atoms with Gasteiger partial charge in [0.25, 0.3) is 0 Å². The molecule has 0 spiro atoms. The third-order valence-electron chi connectivity index (χ3n) is 3.01. The second-order valence-electron chi connectivity index (χ2n) is 4.88. The summed E-state index contributed by atoms with van der Waals surface area (Å²) in [5, 5.41) is 13.2. The molecular formula is C15H12F4N4O2S. The Kier molecular flexibility index (Phi) is 6.05. The highest BCUT2D eigenvalue weighted by molar-refractivity contribution is 7.07. The maximum absolute atomic E-state index is 13.5. The molecule has 0 aliphatic heterocycles. The molecule has 0 saturated heterocycles. The molecule has 0 unspecified atom stereocenters. The van der Waals surface area contributed by atoms with Crippen molar-refractivity contribution >= 4 is 17.3 Å². The lowest BCUT2D eigenvalue weighted by atomic mass is 10.1. The SMILES string of the molecule is NCc1cc(F)cc(-c2cnn(-c3cscn3)c2)c1.O=C(O)C(F)(F)F. The zero-order valence-electron chi connectivity index (χ0n) is 12.9. The Bertz CT molecular complexity index is 878. The predicted octanol–water partition coefficient (Wildman–Crippen LogP) is 3.23. The van der Waals surface area contributed by atoms with Crippen molar-refractivity contribution in [3.8, 4) is 16.9 Å². The topological polar surface area (TPSA) is 94.0 Å². The molecular weight excluding hydrogens is 376 g/mol. The summed E-state index contributed by atoms with van der Waals surface area (Å²) < 4.78 is 46.9. The number of benzene rings is 1. The Morgan fingerprint density at radius 3 is 2.50 bits per heavy atom. The van der Waals surface area contributed by atoms with Crippen LogP contribution in [-0.4, -0.2) is 32.0 Å². The molecule has 2 aromatic heterocycles. The van der Waals surface area contributed by atoms with Gasteiger partial charge in [0.05, 0.1) is 11.7 Å². The molecule has 3 N–H and O–H groups in total. The number of rotatable bonds is 3. The minimum absolute atomic E-state index is 0.292. The van der Waals surface area contributed by atoms with Crippen molar-refractivity contribution in [1.82, 2.24) is 14.8 Å². The van der Waals surface area contributed by atoms with Gasteiger partial charge in [-0.05, 0) is 29.3 Å². The quantitative estimate of drug-likeness (QED) is 0.672. The zero-order chi connectivity index (χ0) is 19.3. The molecule has 0 aliphatic rings. The van der Waals surface area contributed by atoms with Crippen LogP contribution in [0.25, 0.3) is 16.9 Å². The van der Waals surface area contributed by atoms with E-state index in [0.29, 0.717) is 6.54 Å². The Hall–Kier alpha value is -2.79. The summed E-state index contributed by atoms with van der Waals surface area (Å²) in [6.45, 7) is 0.310. The molecule has 0 amide bonds. The van der Waals surface area contributed by atoms with Crippen molar-refractivity contribution in [2.75, 3.05) is 0 Å². The van der Waals surface area contributed by atoms with E-state index in [2.05, 4.69) is 10.1 Å². The van der Waals surface area contributed by atoms with Crippen LogP contribution in [0.2, 0.25) is 0 Å².